The minimum absolute atomic E-state index is 0.254. The van der Waals surface area contributed by atoms with Crippen molar-refractivity contribution in [3.63, 3.8) is 0 Å². The van der Waals surface area contributed by atoms with Crippen molar-refractivity contribution in [1.29, 1.82) is 0 Å². The van der Waals surface area contributed by atoms with Crippen LogP contribution in [0.2, 0.25) is 0 Å². The van der Waals surface area contributed by atoms with Gasteiger partial charge in [-0.2, -0.15) is 0 Å². The number of nitrogens with zero attached hydrogens (tertiary/aromatic N) is 2. The van der Waals surface area contributed by atoms with Gasteiger partial charge in [0.2, 0.25) is 0 Å². The van der Waals surface area contributed by atoms with Crippen molar-refractivity contribution < 1.29 is 9.53 Å². The molecule has 3 heterocycles. The van der Waals surface area contributed by atoms with Gasteiger partial charge in [0.15, 0.2) is 0 Å². The van der Waals surface area contributed by atoms with Crippen LogP contribution in [0.4, 0.5) is 4.79 Å². The second kappa shape index (κ2) is 6.97. The van der Waals surface area contributed by atoms with Crippen molar-refractivity contribution in [3.05, 3.63) is 29.6 Å². The lowest BCUT2D eigenvalue weighted by Crippen LogP contribution is -2.30. The van der Waals surface area contributed by atoms with Crippen LogP contribution in [0.3, 0.4) is 0 Å². The van der Waals surface area contributed by atoms with Gasteiger partial charge in [0.25, 0.3) is 0 Å². The van der Waals surface area contributed by atoms with Crippen LogP contribution in [-0.4, -0.2) is 35.3 Å². The molecule has 2 aromatic rings. The van der Waals surface area contributed by atoms with Crippen LogP contribution < -0.4 is 16.8 Å². The fraction of sp³-hybridized carbons (Fsp3) is 0.500. The van der Waals surface area contributed by atoms with Gasteiger partial charge in [-0.05, 0) is 43.6 Å². The first-order valence-corrected chi connectivity index (χ1v) is 8.02. The third-order valence-corrected chi connectivity index (χ3v) is 4.44. The molecule has 0 aliphatic carbocycles. The second-order valence-electron chi connectivity index (χ2n) is 5.77. The van der Waals surface area contributed by atoms with Gasteiger partial charge < -0.3 is 26.1 Å². The number of nitrogens with one attached hydrogen (secondary N) is 1. The summed E-state index contributed by atoms with van der Waals surface area (Å²) in [5, 5.41) is 4.47. The molecule has 1 amide bonds. The molecule has 5 N–H and O–H groups in total. The molecule has 1 saturated heterocycles. The van der Waals surface area contributed by atoms with E-state index in [4.69, 9.17) is 16.2 Å². The van der Waals surface area contributed by atoms with Crippen molar-refractivity contribution in [3.8, 4) is 0 Å². The highest BCUT2D eigenvalue weighted by atomic mass is 16.5. The van der Waals surface area contributed by atoms with E-state index in [1.807, 2.05) is 12.3 Å². The van der Waals surface area contributed by atoms with E-state index in [9.17, 15) is 4.79 Å². The van der Waals surface area contributed by atoms with Crippen LogP contribution in [0.25, 0.3) is 11.0 Å². The molecule has 0 saturated carbocycles. The van der Waals surface area contributed by atoms with Crippen LogP contribution in [-0.2, 0) is 17.7 Å². The quantitative estimate of drug-likeness (QED) is 0.764. The van der Waals surface area contributed by atoms with Gasteiger partial charge in [-0.3, -0.25) is 0 Å². The molecule has 124 valence electrons. The summed E-state index contributed by atoms with van der Waals surface area (Å²) < 4.78 is 7.23. The summed E-state index contributed by atoms with van der Waals surface area (Å²) in [6.45, 7) is 2.68. The number of pyridine rings is 1. The van der Waals surface area contributed by atoms with Crippen molar-refractivity contribution in [2.24, 2.45) is 11.5 Å². The summed E-state index contributed by atoms with van der Waals surface area (Å²) in [6, 6.07) is 4.37. The predicted octanol–water partition coefficient (Wildman–Crippen LogP) is 1.06. The topological polar surface area (TPSA) is 108 Å². The van der Waals surface area contributed by atoms with Crippen LogP contribution >= 0.6 is 0 Å². The summed E-state index contributed by atoms with van der Waals surface area (Å²) in [5.74, 6) is 0. The summed E-state index contributed by atoms with van der Waals surface area (Å²) in [6.07, 6.45) is 3.75. The van der Waals surface area contributed by atoms with E-state index in [0.717, 1.165) is 48.2 Å². The zero-order chi connectivity index (χ0) is 16.2. The average Bonchev–Trinajstić information content (AvgIpc) is 2.88. The van der Waals surface area contributed by atoms with Gasteiger partial charge in [-0.25, -0.2) is 9.78 Å². The van der Waals surface area contributed by atoms with Gasteiger partial charge in [-0.1, -0.05) is 0 Å². The Morgan fingerprint density at radius 2 is 2.22 bits per heavy atom. The highest BCUT2D eigenvalue weighted by molar-refractivity contribution is 5.82. The molecule has 1 aliphatic rings. The minimum Gasteiger partial charge on any atom is -0.449 e. The van der Waals surface area contributed by atoms with E-state index < -0.39 is 6.09 Å². The number of piperidine rings is 1. The van der Waals surface area contributed by atoms with Gasteiger partial charge in [0, 0.05) is 36.3 Å². The number of hydrogen-bond donors (Lipinski definition) is 3. The molecular weight excluding hydrogens is 294 g/mol. The molecule has 7 heteroatoms. The summed E-state index contributed by atoms with van der Waals surface area (Å²) >= 11 is 0. The van der Waals surface area contributed by atoms with Gasteiger partial charge in [0.1, 0.15) is 5.65 Å². The fourth-order valence-corrected chi connectivity index (χ4v) is 3.46. The first kappa shape index (κ1) is 15.8. The lowest BCUT2D eigenvalue weighted by atomic mass is 10.1. The number of carbonyl (C=O) groups is 1. The van der Waals surface area contributed by atoms with Crippen LogP contribution in [0.15, 0.2) is 18.3 Å². The molecule has 1 aliphatic heterocycles. The Labute approximate surface area is 135 Å². The Kier molecular flexibility index (Phi) is 4.78. The van der Waals surface area contributed by atoms with E-state index in [0.29, 0.717) is 19.0 Å². The number of ether oxygens (including phenoxy) is 1. The molecule has 2 aromatic heterocycles. The van der Waals surface area contributed by atoms with Crippen LogP contribution in [0, 0.1) is 0 Å². The maximum Gasteiger partial charge on any atom is 0.404 e. The fourth-order valence-electron chi connectivity index (χ4n) is 3.46. The Bertz CT molecular complexity index is 691. The first-order chi connectivity index (χ1) is 11.2. The van der Waals surface area contributed by atoms with E-state index in [1.165, 1.54) is 0 Å². The molecular formula is C16H23N5O2. The Morgan fingerprint density at radius 3 is 2.91 bits per heavy atom. The number of carbonyl (C=O) groups excluding carboxylic acids is 1. The molecule has 1 fully saturated rings. The number of amides is 1. The maximum absolute atomic E-state index is 10.9. The molecule has 23 heavy (non-hydrogen) atoms. The molecule has 3 rings (SSSR count). The van der Waals surface area contributed by atoms with Gasteiger partial charge in [-0.15, -0.1) is 0 Å². The Hall–Kier alpha value is -2.12. The van der Waals surface area contributed by atoms with Crippen LogP contribution in [0.1, 0.15) is 30.1 Å². The minimum atomic E-state index is -0.748. The number of nitrogens with two attached hydrogens (primary N) is 2. The number of rotatable bonds is 5. The first-order valence-electron chi connectivity index (χ1n) is 8.02. The summed E-state index contributed by atoms with van der Waals surface area (Å²) in [5.41, 5.74) is 14.2. The van der Waals surface area contributed by atoms with Gasteiger partial charge in [0.05, 0.1) is 6.61 Å². The van der Waals surface area contributed by atoms with E-state index >= 15 is 0 Å². The van der Waals surface area contributed by atoms with E-state index in [-0.39, 0.29) is 6.61 Å². The molecule has 0 bridgehead atoms. The van der Waals surface area contributed by atoms with Crippen molar-refractivity contribution in [2.45, 2.75) is 31.8 Å². The number of aromatic nitrogens is 2. The maximum atomic E-state index is 10.9. The SMILES string of the molecule is NCc1c(CCOC(N)=O)n(C2CCNCC2)c2ncccc12. The van der Waals surface area contributed by atoms with E-state index in [2.05, 4.69) is 20.9 Å². The number of primary amides is 1. The Morgan fingerprint density at radius 1 is 1.43 bits per heavy atom. The molecule has 0 aromatic carbocycles. The molecule has 0 radical (unpaired) electrons. The lowest BCUT2D eigenvalue weighted by Gasteiger charge is -2.27. The molecule has 0 unspecified atom stereocenters. The number of fused-ring (bicyclic) bond motifs is 1. The summed E-state index contributed by atoms with van der Waals surface area (Å²) in [4.78, 5) is 15.4. The predicted molar refractivity (Wildman–Crippen MR) is 88.0 cm³/mol. The Balaban J connectivity index is 2.04. The van der Waals surface area contributed by atoms with Crippen molar-refractivity contribution >= 4 is 17.1 Å². The molecule has 0 spiro atoms. The standard InChI is InChI=1S/C16H23N5O2/c17-10-13-12-2-1-6-20-15(12)21(11-3-7-19-8-4-11)14(13)5-9-23-16(18)22/h1-2,6,11,19H,3-5,7-10,17H2,(H2,18,22). The van der Waals surface area contributed by atoms with Crippen molar-refractivity contribution in [1.82, 2.24) is 14.9 Å². The zero-order valence-electron chi connectivity index (χ0n) is 13.1. The lowest BCUT2D eigenvalue weighted by molar-refractivity contribution is 0.157. The highest BCUT2D eigenvalue weighted by Gasteiger charge is 2.24. The smallest absolute Gasteiger partial charge is 0.404 e. The third-order valence-electron chi connectivity index (χ3n) is 4.44. The molecule has 7 nitrogen and oxygen atoms in total. The third kappa shape index (κ3) is 3.16. The largest absolute Gasteiger partial charge is 0.449 e. The van der Waals surface area contributed by atoms with Crippen LogP contribution in [0.5, 0.6) is 0 Å². The monoisotopic (exact) mass is 317 g/mol. The normalized spacial score (nSPS) is 15.9. The van der Waals surface area contributed by atoms with E-state index in [1.54, 1.807) is 0 Å². The molecule has 0 atom stereocenters. The number of hydrogen-bond acceptors (Lipinski definition) is 5. The van der Waals surface area contributed by atoms with Gasteiger partial charge >= 0.3 is 6.09 Å². The van der Waals surface area contributed by atoms with Crippen molar-refractivity contribution in [2.75, 3.05) is 19.7 Å². The average molecular weight is 317 g/mol. The summed E-state index contributed by atoms with van der Waals surface area (Å²) in [7, 11) is 0. The highest BCUT2D eigenvalue weighted by Crippen LogP contribution is 2.31. The second-order valence-corrected chi connectivity index (χ2v) is 5.77. The zero-order valence-corrected chi connectivity index (χ0v) is 13.1.